The van der Waals surface area contributed by atoms with Crippen LogP contribution in [0.2, 0.25) is 0 Å². The van der Waals surface area contributed by atoms with E-state index in [0.29, 0.717) is 51.1 Å². The zero-order chi connectivity index (χ0) is 32.9. The predicted octanol–water partition coefficient (Wildman–Crippen LogP) is 6.22. The molecule has 2 aliphatic heterocycles. The van der Waals surface area contributed by atoms with Gasteiger partial charge in [0.05, 0.1) is 37.9 Å². The van der Waals surface area contributed by atoms with E-state index in [4.69, 9.17) is 19.4 Å². The molecule has 3 aliphatic rings. The summed E-state index contributed by atoms with van der Waals surface area (Å²) in [6, 6.07) is 25.4. The summed E-state index contributed by atoms with van der Waals surface area (Å²) >= 11 is 0. The second kappa shape index (κ2) is 14.6. The number of rotatable bonds is 10. The van der Waals surface area contributed by atoms with Crippen molar-refractivity contribution in [3.8, 4) is 12.1 Å². The fourth-order valence-electron chi connectivity index (χ4n) is 7.60. The number of fused-ring (bicyclic) bond motifs is 2. The first-order valence-electron chi connectivity index (χ1n) is 17.4. The van der Waals surface area contributed by atoms with Gasteiger partial charge in [0.15, 0.2) is 0 Å². The molecule has 1 saturated carbocycles. The third-order valence-electron chi connectivity index (χ3n) is 10.2. The summed E-state index contributed by atoms with van der Waals surface area (Å²) in [5.41, 5.74) is 5.61. The maximum Gasteiger partial charge on any atom is 0.320 e. The quantitative estimate of drug-likeness (QED) is 0.187. The average molecular weight is 645 g/mol. The van der Waals surface area contributed by atoms with Crippen LogP contribution in [-0.4, -0.2) is 66.2 Å². The highest BCUT2D eigenvalue weighted by Crippen LogP contribution is 2.36. The van der Waals surface area contributed by atoms with Crippen LogP contribution in [0.4, 0.5) is 11.5 Å². The van der Waals surface area contributed by atoms with E-state index in [9.17, 15) is 10.1 Å². The van der Waals surface area contributed by atoms with E-state index in [2.05, 4.69) is 64.1 Å². The molecular formula is C39H44N6O3. The third kappa shape index (κ3) is 7.09. The molecular weight excluding hydrogens is 600 g/mol. The zero-order valence-corrected chi connectivity index (χ0v) is 27.8. The van der Waals surface area contributed by atoms with Crippen molar-refractivity contribution in [2.75, 3.05) is 49.1 Å². The van der Waals surface area contributed by atoms with Gasteiger partial charge in [-0.1, -0.05) is 73.5 Å². The Morgan fingerprint density at radius 2 is 1.77 bits per heavy atom. The lowest BCUT2D eigenvalue weighted by Gasteiger charge is -2.42. The van der Waals surface area contributed by atoms with Crippen molar-refractivity contribution in [3.63, 3.8) is 0 Å². The zero-order valence-electron chi connectivity index (χ0n) is 27.8. The Morgan fingerprint density at radius 1 is 0.958 bits per heavy atom. The molecule has 0 amide bonds. The van der Waals surface area contributed by atoms with E-state index < -0.39 is 0 Å². The minimum absolute atomic E-state index is 0.125. The van der Waals surface area contributed by atoms with Crippen molar-refractivity contribution in [1.29, 1.82) is 5.26 Å². The lowest BCUT2D eigenvalue weighted by molar-refractivity contribution is -0.147. The van der Waals surface area contributed by atoms with Crippen molar-refractivity contribution in [2.45, 2.75) is 64.6 Å². The largest absolute Gasteiger partial charge is 0.463 e. The number of hydrogen-bond acceptors (Lipinski definition) is 9. The molecule has 3 heterocycles. The van der Waals surface area contributed by atoms with Gasteiger partial charge in [0.2, 0.25) is 0 Å². The van der Waals surface area contributed by atoms with Crippen LogP contribution in [0.15, 0.2) is 66.7 Å². The Balaban J connectivity index is 1.12. The first-order valence-corrected chi connectivity index (χ1v) is 17.4. The lowest BCUT2D eigenvalue weighted by Crippen LogP contribution is -2.55. The standard InChI is InChI=1S/C39H44N6O3/c1-28-9-7-14-31-15-8-16-35(37(28)31)44-20-18-33-34(24-44)41-39(48-27-30-12-5-6-13-30)42-38(33)45-22-21-43(32(23-45)17-19-40)25-36(46)47-26-29-10-3-2-4-11-29/h2-4,7-11,14-16,30,32H,5-6,12-13,17-18,20-27H2,1H3/t32-/m0/s1. The van der Waals surface area contributed by atoms with Crippen LogP contribution in [0.25, 0.3) is 10.8 Å². The minimum atomic E-state index is -0.277. The summed E-state index contributed by atoms with van der Waals surface area (Å²) in [5.74, 6) is 1.18. The van der Waals surface area contributed by atoms with Gasteiger partial charge in [-0.05, 0) is 54.7 Å². The van der Waals surface area contributed by atoms with Crippen molar-refractivity contribution in [2.24, 2.45) is 5.92 Å². The van der Waals surface area contributed by atoms with Crippen LogP contribution < -0.4 is 14.5 Å². The number of esters is 1. The molecule has 2 fully saturated rings. The molecule has 0 spiro atoms. The smallest absolute Gasteiger partial charge is 0.320 e. The van der Waals surface area contributed by atoms with Gasteiger partial charge in [0, 0.05) is 48.9 Å². The molecule has 0 unspecified atom stereocenters. The molecule has 4 aromatic rings. The monoisotopic (exact) mass is 644 g/mol. The minimum Gasteiger partial charge on any atom is -0.463 e. The Bertz CT molecular complexity index is 1780. The molecule has 1 atom stereocenters. The Morgan fingerprint density at radius 3 is 2.58 bits per heavy atom. The maximum absolute atomic E-state index is 12.9. The van der Waals surface area contributed by atoms with Gasteiger partial charge in [-0.3, -0.25) is 9.69 Å². The van der Waals surface area contributed by atoms with Gasteiger partial charge in [0.1, 0.15) is 12.4 Å². The summed E-state index contributed by atoms with van der Waals surface area (Å²) in [5, 5.41) is 12.3. The van der Waals surface area contributed by atoms with E-state index in [1.54, 1.807) is 0 Å². The number of aromatic nitrogens is 2. The van der Waals surface area contributed by atoms with Gasteiger partial charge in [0.25, 0.3) is 0 Å². The number of hydrogen-bond donors (Lipinski definition) is 0. The first-order chi connectivity index (χ1) is 23.6. The van der Waals surface area contributed by atoms with Crippen molar-refractivity contribution < 1.29 is 14.3 Å². The van der Waals surface area contributed by atoms with Crippen LogP contribution in [0, 0.1) is 24.2 Å². The molecule has 3 aromatic carbocycles. The molecule has 9 nitrogen and oxygen atoms in total. The second-order valence-electron chi connectivity index (χ2n) is 13.4. The maximum atomic E-state index is 12.9. The fourth-order valence-corrected chi connectivity index (χ4v) is 7.60. The summed E-state index contributed by atoms with van der Waals surface area (Å²) in [6.07, 6.45) is 6.02. The second-order valence-corrected chi connectivity index (χ2v) is 13.4. The molecule has 7 rings (SSSR count). The van der Waals surface area contributed by atoms with E-state index in [1.165, 1.54) is 47.7 Å². The lowest BCUT2D eigenvalue weighted by atomic mass is 9.99. The third-order valence-corrected chi connectivity index (χ3v) is 10.2. The fraction of sp³-hybridized carbons (Fsp3) is 0.436. The normalized spacial score (nSPS) is 18.5. The number of aryl methyl sites for hydroxylation is 1. The number of carbonyl (C=O) groups is 1. The molecule has 1 aliphatic carbocycles. The highest BCUT2D eigenvalue weighted by Gasteiger charge is 2.33. The molecule has 1 saturated heterocycles. The molecule has 248 valence electrons. The molecule has 48 heavy (non-hydrogen) atoms. The molecule has 9 heteroatoms. The van der Waals surface area contributed by atoms with Crippen LogP contribution in [-0.2, 0) is 29.1 Å². The van der Waals surface area contributed by atoms with Crippen molar-refractivity contribution >= 4 is 28.2 Å². The summed E-state index contributed by atoms with van der Waals surface area (Å²) < 4.78 is 11.9. The van der Waals surface area contributed by atoms with Crippen LogP contribution >= 0.6 is 0 Å². The SMILES string of the molecule is Cc1cccc2cccc(N3CCc4c(nc(OCC5CCCC5)nc4N4CCN(CC(=O)OCc5ccccc5)[C@@H](CC#N)C4)C3)c12. The van der Waals surface area contributed by atoms with Crippen LogP contribution in [0.3, 0.4) is 0 Å². The van der Waals surface area contributed by atoms with Gasteiger partial charge in [-0.2, -0.15) is 15.2 Å². The number of carbonyl (C=O) groups excluding carboxylic acids is 1. The van der Waals surface area contributed by atoms with Crippen molar-refractivity contribution in [1.82, 2.24) is 14.9 Å². The van der Waals surface area contributed by atoms with E-state index in [1.807, 2.05) is 30.3 Å². The number of benzene rings is 3. The number of anilines is 2. The van der Waals surface area contributed by atoms with Crippen LogP contribution in [0.1, 0.15) is 54.5 Å². The molecule has 0 bridgehead atoms. The Hall–Kier alpha value is -4.68. The van der Waals surface area contributed by atoms with E-state index in [0.717, 1.165) is 35.6 Å². The van der Waals surface area contributed by atoms with E-state index in [-0.39, 0.29) is 25.2 Å². The van der Waals surface area contributed by atoms with E-state index >= 15 is 0 Å². The number of ether oxygens (including phenoxy) is 2. The number of nitriles is 1. The average Bonchev–Trinajstić information content (AvgIpc) is 3.64. The van der Waals surface area contributed by atoms with Gasteiger partial charge >= 0.3 is 12.0 Å². The Labute approximate surface area is 283 Å². The van der Waals surface area contributed by atoms with Gasteiger partial charge < -0.3 is 19.3 Å². The molecule has 0 N–H and O–H groups in total. The summed E-state index contributed by atoms with van der Waals surface area (Å²) in [4.78, 5) is 29.8. The predicted molar refractivity (Wildman–Crippen MR) is 187 cm³/mol. The highest BCUT2D eigenvalue weighted by atomic mass is 16.5. The number of nitrogens with zero attached hydrogens (tertiary/aromatic N) is 6. The van der Waals surface area contributed by atoms with Crippen LogP contribution in [0.5, 0.6) is 6.01 Å². The molecule has 0 radical (unpaired) electrons. The van der Waals surface area contributed by atoms with Crippen molar-refractivity contribution in [3.05, 3.63) is 89.1 Å². The summed E-state index contributed by atoms with van der Waals surface area (Å²) in [6.45, 7) is 6.66. The topological polar surface area (TPSA) is 94.8 Å². The Kier molecular flexibility index (Phi) is 9.71. The van der Waals surface area contributed by atoms with Gasteiger partial charge in [-0.25, -0.2) is 0 Å². The summed E-state index contributed by atoms with van der Waals surface area (Å²) in [7, 11) is 0. The highest BCUT2D eigenvalue weighted by molar-refractivity contribution is 5.97. The molecule has 1 aromatic heterocycles. The first kappa shape index (κ1) is 31.9. The number of piperazine rings is 1. The van der Waals surface area contributed by atoms with Gasteiger partial charge in [-0.15, -0.1) is 0 Å².